The number of carboxylic acids is 1. The van der Waals surface area contributed by atoms with Crippen LogP contribution in [-0.4, -0.2) is 46.1 Å². The van der Waals surface area contributed by atoms with E-state index in [2.05, 4.69) is 23.2 Å². The molecule has 0 saturated heterocycles. The summed E-state index contributed by atoms with van der Waals surface area (Å²) in [4.78, 5) is 12.4. The van der Waals surface area contributed by atoms with E-state index in [1.807, 2.05) is 0 Å². The fraction of sp³-hybridized carbons (Fsp3) is 0.385. The van der Waals surface area contributed by atoms with Crippen LogP contribution in [0.5, 0.6) is 11.5 Å². The molecule has 1 aromatic rings. The topological polar surface area (TPSA) is 94.4 Å². The third-order valence-corrected chi connectivity index (χ3v) is 3.48. The highest BCUT2D eigenvalue weighted by Gasteiger charge is 2.27. The van der Waals surface area contributed by atoms with Gasteiger partial charge >= 0.3 is 5.97 Å². The minimum Gasteiger partial charge on any atom is -0.507 e. The number of methoxy groups -OCH3 is 1. The van der Waals surface area contributed by atoms with Gasteiger partial charge in [0.2, 0.25) is 0 Å². The fourth-order valence-electron chi connectivity index (χ4n) is 2.03. The first-order chi connectivity index (χ1) is 10.0. The van der Waals surface area contributed by atoms with Crippen LogP contribution in [-0.2, 0) is 4.79 Å². The predicted octanol–water partition coefficient (Wildman–Crippen LogP) is 1.05. The molecule has 1 aromatic carbocycles. The van der Waals surface area contributed by atoms with E-state index < -0.39 is 5.97 Å². The number of phenolic OH excluding ortho intramolecular Hbond substituents is 1. The Morgan fingerprint density at radius 2 is 2.33 bits per heavy atom. The Bertz CT molecular complexity index is 564. The molecule has 2 rings (SSSR count). The van der Waals surface area contributed by atoms with Crippen molar-refractivity contribution in [1.29, 1.82) is 0 Å². The minimum absolute atomic E-state index is 0.0639. The maximum absolute atomic E-state index is 10.6. The molecular weight excluding hydrogens is 294 g/mol. The van der Waals surface area contributed by atoms with Gasteiger partial charge in [0.25, 0.3) is 0 Å². The molecule has 7 nitrogen and oxygen atoms in total. The highest BCUT2D eigenvalue weighted by molar-refractivity contribution is 7.80. The van der Waals surface area contributed by atoms with E-state index in [-0.39, 0.29) is 17.7 Å². The van der Waals surface area contributed by atoms with Gasteiger partial charge in [0.05, 0.1) is 12.7 Å². The Morgan fingerprint density at radius 3 is 3.00 bits per heavy atom. The summed E-state index contributed by atoms with van der Waals surface area (Å²) in [7, 11) is 1.54. The Kier molecular flexibility index (Phi) is 4.79. The molecule has 0 amide bonds. The summed E-state index contributed by atoms with van der Waals surface area (Å²) in [6, 6.07) is 4.85. The van der Waals surface area contributed by atoms with Crippen molar-refractivity contribution in [2.45, 2.75) is 18.3 Å². The molecule has 0 aliphatic carbocycles. The molecule has 0 bridgehead atoms. The number of aromatic hydroxyl groups is 1. The average molecular weight is 311 g/mol. The normalized spacial score (nSPS) is 17.3. The maximum atomic E-state index is 10.6. The smallest absolute Gasteiger partial charge is 0.303 e. The molecule has 0 saturated carbocycles. The molecule has 1 heterocycles. The van der Waals surface area contributed by atoms with E-state index in [0.29, 0.717) is 30.1 Å². The molecular formula is C13H17N3O4S. The SMILES string of the molecule is COc1ccc(O)c(C2=NNC(S)N2CCCC(=O)O)c1. The quantitative estimate of drug-likeness (QED) is 0.587. The van der Waals surface area contributed by atoms with Crippen LogP contribution in [0, 0.1) is 0 Å². The average Bonchev–Trinajstić information content (AvgIpc) is 2.81. The molecule has 0 spiro atoms. The van der Waals surface area contributed by atoms with Crippen LogP contribution < -0.4 is 10.2 Å². The van der Waals surface area contributed by atoms with Crippen LogP contribution in [0.3, 0.4) is 0 Å². The zero-order chi connectivity index (χ0) is 15.4. The molecule has 21 heavy (non-hydrogen) atoms. The zero-order valence-corrected chi connectivity index (χ0v) is 12.4. The van der Waals surface area contributed by atoms with Crippen molar-refractivity contribution < 1.29 is 19.7 Å². The molecule has 0 aromatic heterocycles. The summed E-state index contributed by atoms with van der Waals surface area (Å²) in [5.41, 5.74) is 2.95. The van der Waals surface area contributed by atoms with Crippen LogP contribution >= 0.6 is 12.6 Å². The second-order valence-electron chi connectivity index (χ2n) is 4.51. The number of amidine groups is 1. The summed E-state index contributed by atoms with van der Waals surface area (Å²) < 4.78 is 5.14. The van der Waals surface area contributed by atoms with Gasteiger partial charge in [0, 0.05) is 13.0 Å². The van der Waals surface area contributed by atoms with Crippen molar-refractivity contribution >= 4 is 24.4 Å². The maximum Gasteiger partial charge on any atom is 0.303 e. The lowest BCUT2D eigenvalue weighted by molar-refractivity contribution is -0.137. The summed E-state index contributed by atoms with van der Waals surface area (Å²) in [6.07, 6.45) is 0.520. The molecule has 1 aliphatic heterocycles. The number of ether oxygens (including phenoxy) is 1. The van der Waals surface area contributed by atoms with Crippen LogP contribution in [0.25, 0.3) is 0 Å². The molecule has 0 radical (unpaired) electrons. The van der Waals surface area contributed by atoms with Gasteiger partial charge in [0.15, 0.2) is 11.3 Å². The van der Waals surface area contributed by atoms with Gasteiger partial charge < -0.3 is 19.8 Å². The number of hydrazone groups is 1. The number of rotatable bonds is 6. The second kappa shape index (κ2) is 6.57. The van der Waals surface area contributed by atoms with Gasteiger partial charge in [-0.25, -0.2) is 0 Å². The van der Waals surface area contributed by atoms with Crippen molar-refractivity contribution in [1.82, 2.24) is 10.3 Å². The Balaban J connectivity index is 2.19. The predicted molar refractivity (Wildman–Crippen MR) is 80.7 cm³/mol. The highest BCUT2D eigenvalue weighted by Crippen LogP contribution is 2.27. The number of phenols is 1. The molecule has 3 N–H and O–H groups in total. The largest absolute Gasteiger partial charge is 0.507 e. The number of carboxylic acid groups (broad SMARTS) is 1. The lowest BCUT2D eigenvalue weighted by Crippen LogP contribution is -2.37. The summed E-state index contributed by atoms with van der Waals surface area (Å²) in [5.74, 6) is 0.331. The zero-order valence-electron chi connectivity index (χ0n) is 11.5. The third-order valence-electron chi connectivity index (χ3n) is 3.09. The Labute approximate surface area is 127 Å². The first-order valence-corrected chi connectivity index (χ1v) is 6.91. The fourth-order valence-corrected chi connectivity index (χ4v) is 2.32. The standard InChI is InChI=1S/C13H17N3O4S/c1-20-8-4-5-10(17)9(7-8)12-14-15-13(21)16(12)6-2-3-11(18)19/h4-5,7,13,15,17,21H,2-3,6H2,1H3,(H,18,19). The Morgan fingerprint density at radius 1 is 1.57 bits per heavy atom. The number of benzene rings is 1. The number of aliphatic carboxylic acids is 1. The molecule has 114 valence electrons. The van der Waals surface area contributed by atoms with Gasteiger partial charge in [-0.05, 0) is 24.6 Å². The summed E-state index contributed by atoms with van der Waals surface area (Å²) in [5, 5.41) is 22.9. The first-order valence-electron chi connectivity index (χ1n) is 6.40. The van der Waals surface area contributed by atoms with E-state index in [4.69, 9.17) is 9.84 Å². The van der Waals surface area contributed by atoms with Crippen molar-refractivity contribution in [3.05, 3.63) is 23.8 Å². The van der Waals surface area contributed by atoms with Crippen molar-refractivity contribution in [3.63, 3.8) is 0 Å². The number of nitrogens with zero attached hydrogens (tertiary/aromatic N) is 2. The van der Waals surface area contributed by atoms with Gasteiger partial charge in [-0.15, -0.1) is 12.6 Å². The van der Waals surface area contributed by atoms with Crippen molar-refractivity contribution in [2.24, 2.45) is 5.10 Å². The van der Waals surface area contributed by atoms with Gasteiger partial charge in [-0.1, -0.05) is 0 Å². The number of thiol groups is 1. The van der Waals surface area contributed by atoms with Crippen LogP contribution in [0.15, 0.2) is 23.3 Å². The van der Waals surface area contributed by atoms with Crippen LogP contribution in [0.2, 0.25) is 0 Å². The summed E-state index contributed by atoms with van der Waals surface area (Å²) in [6.45, 7) is 0.461. The number of hydrogen-bond acceptors (Lipinski definition) is 7. The minimum atomic E-state index is -0.847. The van der Waals surface area contributed by atoms with E-state index in [1.54, 1.807) is 17.0 Å². The van der Waals surface area contributed by atoms with Crippen molar-refractivity contribution in [2.75, 3.05) is 13.7 Å². The van der Waals surface area contributed by atoms with E-state index in [9.17, 15) is 9.90 Å². The molecule has 1 atom stereocenters. The van der Waals surface area contributed by atoms with E-state index in [1.165, 1.54) is 13.2 Å². The third kappa shape index (κ3) is 3.52. The van der Waals surface area contributed by atoms with Crippen LogP contribution in [0.4, 0.5) is 0 Å². The van der Waals surface area contributed by atoms with Gasteiger partial charge in [0.1, 0.15) is 11.5 Å². The molecule has 1 unspecified atom stereocenters. The molecule has 0 fully saturated rings. The van der Waals surface area contributed by atoms with E-state index >= 15 is 0 Å². The van der Waals surface area contributed by atoms with Crippen LogP contribution in [0.1, 0.15) is 18.4 Å². The lowest BCUT2D eigenvalue weighted by atomic mass is 10.1. The van der Waals surface area contributed by atoms with Gasteiger partial charge in [-0.2, -0.15) is 5.10 Å². The van der Waals surface area contributed by atoms with Gasteiger partial charge in [-0.3, -0.25) is 10.2 Å². The Hall–Kier alpha value is -2.09. The lowest BCUT2D eigenvalue weighted by Gasteiger charge is -2.24. The highest BCUT2D eigenvalue weighted by atomic mass is 32.1. The summed E-state index contributed by atoms with van der Waals surface area (Å²) >= 11 is 4.34. The van der Waals surface area contributed by atoms with E-state index in [0.717, 1.165) is 0 Å². The molecule has 1 aliphatic rings. The molecule has 8 heteroatoms. The number of hydrogen-bond donors (Lipinski definition) is 4. The first kappa shape index (κ1) is 15.3. The van der Waals surface area contributed by atoms with Crippen molar-refractivity contribution in [3.8, 4) is 11.5 Å². The second-order valence-corrected chi connectivity index (χ2v) is 5.00. The monoisotopic (exact) mass is 311 g/mol. The number of nitrogens with one attached hydrogen (secondary N) is 1. The number of carbonyl (C=O) groups is 1.